The molecule has 0 aromatic heterocycles. The van der Waals surface area contributed by atoms with Crippen LogP contribution in [-0.4, -0.2) is 70.3 Å². The number of anilines is 1. The Morgan fingerprint density at radius 3 is 2.18 bits per heavy atom. The Labute approximate surface area is 189 Å². The van der Waals surface area contributed by atoms with Gasteiger partial charge in [-0.15, -0.1) is 0 Å². The highest BCUT2D eigenvalue weighted by molar-refractivity contribution is 7.89. The van der Waals surface area contributed by atoms with E-state index in [1.54, 1.807) is 0 Å². The first-order valence-corrected chi connectivity index (χ1v) is 11.1. The summed E-state index contributed by atoms with van der Waals surface area (Å²) in [6.45, 7) is -0.00614. The van der Waals surface area contributed by atoms with Gasteiger partial charge in [-0.05, 0) is 36.4 Å². The van der Waals surface area contributed by atoms with Crippen LogP contribution in [0.4, 0.5) is 5.69 Å². The van der Waals surface area contributed by atoms with Crippen molar-refractivity contribution in [1.82, 2.24) is 9.62 Å². The smallest absolute Gasteiger partial charge is 0.337 e. The lowest BCUT2D eigenvalue weighted by atomic mass is 10.1. The molecule has 33 heavy (non-hydrogen) atoms. The van der Waals surface area contributed by atoms with Gasteiger partial charge in [0.2, 0.25) is 15.9 Å². The second-order valence-electron chi connectivity index (χ2n) is 6.95. The summed E-state index contributed by atoms with van der Waals surface area (Å²) in [7, 11) is -1.66. The van der Waals surface area contributed by atoms with E-state index < -0.39 is 33.8 Å². The van der Waals surface area contributed by atoms with Crippen LogP contribution in [0.2, 0.25) is 0 Å². The number of benzene rings is 2. The van der Waals surface area contributed by atoms with Crippen molar-refractivity contribution in [3.05, 3.63) is 59.2 Å². The largest absolute Gasteiger partial charge is 0.465 e. The highest BCUT2D eigenvalue weighted by Gasteiger charge is 2.29. The zero-order valence-corrected chi connectivity index (χ0v) is 18.6. The number of rotatable bonds is 6. The van der Waals surface area contributed by atoms with Gasteiger partial charge in [-0.3, -0.25) is 9.59 Å². The minimum absolute atomic E-state index is 0.00963. The lowest BCUT2D eigenvalue weighted by Crippen LogP contribution is -2.49. The fraction of sp³-hybridized carbons (Fsp3) is 0.238. The number of hydrogen-bond donors (Lipinski definition) is 2. The molecule has 1 aliphatic rings. The third kappa shape index (κ3) is 5.35. The molecule has 0 saturated carbocycles. The van der Waals surface area contributed by atoms with E-state index >= 15 is 0 Å². The molecule has 3 rings (SSSR count). The van der Waals surface area contributed by atoms with Crippen molar-refractivity contribution < 1.29 is 37.1 Å². The summed E-state index contributed by atoms with van der Waals surface area (Å²) in [5.41, 5.74) is 0.135. The van der Waals surface area contributed by atoms with Crippen LogP contribution < -0.4 is 10.6 Å². The van der Waals surface area contributed by atoms with Gasteiger partial charge in [-0.25, -0.2) is 18.0 Å². The molecule has 0 unspecified atom stereocenters. The van der Waals surface area contributed by atoms with E-state index in [2.05, 4.69) is 20.1 Å². The van der Waals surface area contributed by atoms with Gasteiger partial charge in [0.05, 0.1) is 36.8 Å². The molecule has 1 aliphatic heterocycles. The molecule has 1 saturated heterocycles. The minimum Gasteiger partial charge on any atom is -0.465 e. The maximum absolute atomic E-state index is 12.9. The lowest BCUT2D eigenvalue weighted by Gasteiger charge is -2.26. The number of hydrogen-bond acceptors (Lipinski definition) is 8. The van der Waals surface area contributed by atoms with Crippen molar-refractivity contribution >= 4 is 39.5 Å². The first-order valence-electron chi connectivity index (χ1n) is 9.65. The number of esters is 2. The number of carbonyl (C=O) groups excluding carboxylic acids is 4. The first kappa shape index (κ1) is 23.9. The van der Waals surface area contributed by atoms with Crippen molar-refractivity contribution in [3.63, 3.8) is 0 Å². The Kier molecular flexibility index (Phi) is 7.09. The molecule has 1 fully saturated rings. The van der Waals surface area contributed by atoms with Crippen LogP contribution in [0.5, 0.6) is 0 Å². The normalized spacial score (nSPS) is 14.2. The Bertz CT molecular complexity index is 1190. The molecule has 0 spiro atoms. The van der Waals surface area contributed by atoms with Crippen LogP contribution in [0.3, 0.4) is 0 Å². The Balaban J connectivity index is 1.89. The summed E-state index contributed by atoms with van der Waals surface area (Å²) >= 11 is 0. The summed E-state index contributed by atoms with van der Waals surface area (Å²) in [6.07, 6.45) is 0. The number of nitrogens with one attached hydrogen (secondary N) is 2. The molecule has 2 amide bonds. The third-order valence-corrected chi connectivity index (χ3v) is 6.61. The van der Waals surface area contributed by atoms with Gasteiger partial charge in [0.1, 0.15) is 0 Å². The average molecular weight is 475 g/mol. The van der Waals surface area contributed by atoms with Crippen molar-refractivity contribution in [3.8, 4) is 0 Å². The number of ether oxygens (including phenoxy) is 2. The average Bonchev–Trinajstić information content (AvgIpc) is 2.82. The molecule has 12 heteroatoms. The zero-order chi connectivity index (χ0) is 24.2. The van der Waals surface area contributed by atoms with Crippen molar-refractivity contribution in [2.24, 2.45) is 0 Å². The second-order valence-corrected chi connectivity index (χ2v) is 8.89. The van der Waals surface area contributed by atoms with Gasteiger partial charge in [0.25, 0.3) is 5.91 Å². The summed E-state index contributed by atoms with van der Waals surface area (Å²) in [5.74, 6) is -2.54. The lowest BCUT2D eigenvalue weighted by molar-refractivity contribution is -0.122. The van der Waals surface area contributed by atoms with E-state index in [9.17, 15) is 27.6 Å². The predicted octanol–water partition coefficient (Wildman–Crippen LogP) is 0.633. The van der Waals surface area contributed by atoms with E-state index in [0.29, 0.717) is 0 Å². The summed E-state index contributed by atoms with van der Waals surface area (Å²) < 4.78 is 36.1. The zero-order valence-electron chi connectivity index (χ0n) is 17.8. The Morgan fingerprint density at radius 1 is 0.970 bits per heavy atom. The molecular weight excluding hydrogens is 454 g/mol. The number of sulfonamides is 1. The third-order valence-electron chi connectivity index (χ3n) is 4.77. The van der Waals surface area contributed by atoms with Gasteiger partial charge in [0.15, 0.2) is 0 Å². The van der Waals surface area contributed by atoms with Crippen molar-refractivity contribution in [2.45, 2.75) is 4.90 Å². The van der Waals surface area contributed by atoms with Crippen LogP contribution in [0.25, 0.3) is 0 Å². The molecule has 0 radical (unpaired) electrons. The van der Waals surface area contributed by atoms with E-state index in [-0.39, 0.29) is 46.9 Å². The van der Waals surface area contributed by atoms with Crippen LogP contribution in [0, 0.1) is 0 Å². The Hall–Kier alpha value is -3.77. The van der Waals surface area contributed by atoms with Gasteiger partial charge in [-0.2, -0.15) is 4.31 Å². The second kappa shape index (κ2) is 9.79. The maximum Gasteiger partial charge on any atom is 0.337 e. The van der Waals surface area contributed by atoms with Crippen LogP contribution >= 0.6 is 0 Å². The van der Waals surface area contributed by atoms with Crippen LogP contribution in [0.15, 0.2) is 47.4 Å². The maximum atomic E-state index is 12.9. The quantitative estimate of drug-likeness (QED) is 0.578. The summed E-state index contributed by atoms with van der Waals surface area (Å²) in [6, 6.07) is 9.19. The Morgan fingerprint density at radius 2 is 1.61 bits per heavy atom. The molecule has 0 bridgehead atoms. The number of amides is 2. The van der Waals surface area contributed by atoms with E-state index in [1.807, 2.05) is 0 Å². The van der Waals surface area contributed by atoms with E-state index in [4.69, 9.17) is 0 Å². The SMILES string of the molecule is COC(=O)c1cc(NC(=O)c2cccc(S(=O)(=O)N3CCNC(=O)C3)c2)cc(C(=O)OC)c1. The summed E-state index contributed by atoms with van der Waals surface area (Å²) in [4.78, 5) is 48.1. The molecule has 2 aromatic carbocycles. The fourth-order valence-electron chi connectivity index (χ4n) is 3.14. The monoisotopic (exact) mass is 475 g/mol. The topological polar surface area (TPSA) is 148 Å². The number of carbonyl (C=O) groups is 4. The number of nitrogens with zero attached hydrogens (tertiary/aromatic N) is 1. The van der Waals surface area contributed by atoms with Crippen molar-refractivity contribution in [1.29, 1.82) is 0 Å². The van der Waals surface area contributed by atoms with Gasteiger partial charge in [-0.1, -0.05) is 6.07 Å². The predicted molar refractivity (Wildman–Crippen MR) is 115 cm³/mol. The van der Waals surface area contributed by atoms with E-state index in [1.165, 1.54) is 56.7 Å². The molecule has 0 atom stereocenters. The van der Waals surface area contributed by atoms with Gasteiger partial charge < -0.3 is 20.1 Å². The van der Waals surface area contributed by atoms with Gasteiger partial charge in [0, 0.05) is 24.3 Å². The summed E-state index contributed by atoms with van der Waals surface area (Å²) in [5, 5.41) is 5.09. The molecular formula is C21H21N3O8S. The van der Waals surface area contributed by atoms with Crippen LogP contribution in [0.1, 0.15) is 31.1 Å². The van der Waals surface area contributed by atoms with Crippen molar-refractivity contribution in [2.75, 3.05) is 39.2 Å². The molecule has 2 N–H and O–H groups in total. The molecule has 2 aromatic rings. The van der Waals surface area contributed by atoms with Gasteiger partial charge >= 0.3 is 11.9 Å². The highest BCUT2D eigenvalue weighted by Crippen LogP contribution is 2.21. The molecule has 11 nitrogen and oxygen atoms in total. The fourth-order valence-corrected chi connectivity index (χ4v) is 4.59. The molecule has 0 aliphatic carbocycles. The highest BCUT2D eigenvalue weighted by atomic mass is 32.2. The molecule has 1 heterocycles. The standard InChI is InChI=1S/C21H21N3O8S/c1-31-20(27)14-8-15(21(28)32-2)10-16(9-14)23-19(26)13-4-3-5-17(11-13)33(29,30)24-7-6-22-18(25)12-24/h3-5,8-11H,6-7,12H2,1-2H3,(H,22,25)(H,23,26). The number of piperazine rings is 1. The first-order chi connectivity index (χ1) is 15.6. The van der Waals surface area contributed by atoms with E-state index in [0.717, 1.165) is 4.31 Å². The molecule has 174 valence electrons. The minimum atomic E-state index is -4.00. The number of methoxy groups -OCH3 is 2. The van der Waals surface area contributed by atoms with Crippen LogP contribution in [-0.2, 0) is 24.3 Å².